The SMILES string of the molecule is C1CCC(C2CCC3CC(C4CC(C5CCC6CCCCC6C5)CC(C5CC(C6CCCCC6)CC6C7CC8CCCCC8CC7CC56)C4)CCC3C2)CC1. The molecule has 0 N–H and O–H groups in total. The van der Waals surface area contributed by atoms with E-state index in [2.05, 4.69) is 0 Å². The fraction of sp³-hybridized carbons (Fsp3) is 1.00. The second-order valence-corrected chi connectivity index (χ2v) is 25.0. The van der Waals surface area contributed by atoms with Gasteiger partial charge in [0.1, 0.15) is 0 Å². The summed E-state index contributed by atoms with van der Waals surface area (Å²) < 4.78 is 0. The first kappa shape index (κ1) is 38.0. The summed E-state index contributed by atoms with van der Waals surface area (Å²) in [5.74, 6) is 22.4. The average molecular weight is 751 g/mol. The molecule has 0 amide bonds. The smallest absolute Gasteiger partial charge is 0.0349 e. The molecule has 0 aliphatic heterocycles. The van der Waals surface area contributed by atoms with Gasteiger partial charge < -0.3 is 0 Å². The van der Waals surface area contributed by atoms with Crippen LogP contribution >= 0.6 is 0 Å². The van der Waals surface area contributed by atoms with Crippen LogP contribution in [0.2, 0.25) is 0 Å². The Morgan fingerprint density at radius 3 is 0.891 bits per heavy atom. The molecule has 0 radical (unpaired) electrons. The van der Waals surface area contributed by atoms with E-state index >= 15 is 0 Å². The minimum Gasteiger partial charge on any atom is -0.0533 e. The molecule has 11 fully saturated rings. The van der Waals surface area contributed by atoms with Gasteiger partial charge in [-0.1, -0.05) is 116 Å². The lowest BCUT2D eigenvalue weighted by Crippen LogP contribution is -2.44. The third-order valence-electron chi connectivity index (χ3n) is 22.9. The van der Waals surface area contributed by atoms with E-state index in [0.717, 1.165) is 118 Å². The van der Waals surface area contributed by atoms with Crippen LogP contribution in [-0.2, 0) is 0 Å². The second kappa shape index (κ2) is 16.8. The van der Waals surface area contributed by atoms with E-state index in [1.54, 1.807) is 218 Å². The van der Waals surface area contributed by atoms with Crippen molar-refractivity contribution in [1.82, 2.24) is 0 Å². The predicted molar refractivity (Wildman–Crippen MR) is 231 cm³/mol. The molecule has 55 heavy (non-hydrogen) atoms. The molecule has 0 aromatic carbocycles. The summed E-state index contributed by atoms with van der Waals surface area (Å²) in [5, 5.41) is 0. The summed E-state index contributed by atoms with van der Waals surface area (Å²) in [5.41, 5.74) is 0. The van der Waals surface area contributed by atoms with E-state index in [-0.39, 0.29) is 0 Å². The minimum absolute atomic E-state index is 1.10. The predicted octanol–water partition coefficient (Wildman–Crippen LogP) is 16.1. The van der Waals surface area contributed by atoms with Gasteiger partial charge in [-0.15, -0.1) is 0 Å². The molecule has 0 spiro atoms. The average Bonchev–Trinajstić information content (AvgIpc) is 3.62. The number of hydrogen-bond donors (Lipinski definition) is 0. The molecule has 0 aromatic heterocycles. The molecule has 18 atom stereocenters. The van der Waals surface area contributed by atoms with Gasteiger partial charge in [-0.05, 0) is 228 Å². The highest BCUT2D eigenvalue weighted by molar-refractivity contribution is 5.06. The Kier molecular flexibility index (Phi) is 11.6. The van der Waals surface area contributed by atoms with Crippen molar-refractivity contribution in [3.63, 3.8) is 0 Å². The van der Waals surface area contributed by atoms with E-state index in [1.165, 1.54) is 6.42 Å². The number of fused-ring (bicyclic) bond motifs is 6. The van der Waals surface area contributed by atoms with Crippen molar-refractivity contribution in [2.45, 2.75) is 225 Å². The first-order chi connectivity index (χ1) is 27.2. The van der Waals surface area contributed by atoms with Gasteiger partial charge in [0, 0.05) is 0 Å². The van der Waals surface area contributed by atoms with Crippen LogP contribution < -0.4 is 0 Å². The lowest BCUT2D eigenvalue weighted by molar-refractivity contribution is -0.0329. The zero-order chi connectivity index (χ0) is 36.3. The normalized spacial score (nSPS) is 52.6. The summed E-state index contributed by atoms with van der Waals surface area (Å²) in [6.07, 6.45) is 56.8. The van der Waals surface area contributed by atoms with E-state index in [4.69, 9.17) is 0 Å². The van der Waals surface area contributed by atoms with Crippen LogP contribution in [0.25, 0.3) is 0 Å². The van der Waals surface area contributed by atoms with Crippen molar-refractivity contribution in [1.29, 1.82) is 0 Å². The summed E-state index contributed by atoms with van der Waals surface area (Å²) in [4.78, 5) is 0. The highest BCUT2D eigenvalue weighted by Crippen LogP contribution is 2.65. The lowest BCUT2D eigenvalue weighted by Gasteiger charge is -2.53. The Labute approximate surface area is 341 Å². The maximum Gasteiger partial charge on any atom is -0.0349 e. The number of hydrogen-bond acceptors (Lipinski definition) is 0. The first-order valence-electron chi connectivity index (χ1n) is 27.2. The Morgan fingerprint density at radius 1 is 0.127 bits per heavy atom. The van der Waals surface area contributed by atoms with Crippen LogP contribution in [0.5, 0.6) is 0 Å². The monoisotopic (exact) mass is 751 g/mol. The zero-order valence-electron chi connectivity index (χ0n) is 36.3. The molecular weight excluding hydrogens is 661 g/mol. The van der Waals surface area contributed by atoms with Gasteiger partial charge >= 0.3 is 0 Å². The van der Waals surface area contributed by atoms with Crippen LogP contribution in [0, 0.1) is 118 Å². The Hall–Kier alpha value is 0. The van der Waals surface area contributed by atoms with Crippen LogP contribution in [0.15, 0.2) is 0 Å². The van der Waals surface area contributed by atoms with E-state index < -0.39 is 0 Å². The van der Waals surface area contributed by atoms with Crippen molar-refractivity contribution in [3.05, 3.63) is 0 Å². The van der Waals surface area contributed by atoms with Crippen LogP contribution in [0.3, 0.4) is 0 Å². The van der Waals surface area contributed by atoms with Crippen molar-refractivity contribution in [2.75, 3.05) is 0 Å². The van der Waals surface area contributed by atoms with Crippen LogP contribution in [0.4, 0.5) is 0 Å². The molecule has 0 saturated heterocycles. The molecule has 18 unspecified atom stereocenters. The Balaban J connectivity index is 0.847. The third-order valence-corrected chi connectivity index (χ3v) is 22.9. The molecule has 310 valence electrons. The zero-order valence-corrected chi connectivity index (χ0v) is 36.3. The molecule has 0 heterocycles. The Bertz CT molecular complexity index is 1240. The van der Waals surface area contributed by atoms with Crippen molar-refractivity contribution in [2.24, 2.45) is 118 Å². The molecule has 0 aromatic rings. The van der Waals surface area contributed by atoms with E-state index in [0.29, 0.717) is 0 Å². The van der Waals surface area contributed by atoms with E-state index in [9.17, 15) is 0 Å². The van der Waals surface area contributed by atoms with Crippen LogP contribution in [0.1, 0.15) is 225 Å². The van der Waals surface area contributed by atoms with Crippen molar-refractivity contribution in [3.8, 4) is 0 Å². The van der Waals surface area contributed by atoms with Gasteiger partial charge in [0.25, 0.3) is 0 Å². The van der Waals surface area contributed by atoms with Gasteiger partial charge in [0.15, 0.2) is 0 Å². The summed E-state index contributed by atoms with van der Waals surface area (Å²) in [6.45, 7) is 0. The lowest BCUT2D eigenvalue weighted by atomic mass is 9.52. The maximum absolute atomic E-state index is 1.70. The van der Waals surface area contributed by atoms with Gasteiger partial charge in [0.2, 0.25) is 0 Å². The molecule has 11 rings (SSSR count). The summed E-state index contributed by atoms with van der Waals surface area (Å²) >= 11 is 0. The second-order valence-electron chi connectivity index (χ2n) is 25.0. The highest BCUT2D eigenvalue weighted by Gasteiger charge is 2.56. The quantitative estimate of drug-likeness (QED) is 0.262. The fourth-order valence-electron chi connectivity index (χ4n) is 20.3. The standard InChI is InChI=1S/C55H90/c1-3-11-36(12-4-1)42-21-22-44-27-46(24-23-43(44)26-42)48-29-47(45-20-19-38-15-7-8-16-39(38)25-45)30-50(31-48)53-33-49(37-13-5-2-6-14-37)34-54-52-32-41-18-10-9-17-40(41)28-51(52)35-55(53)54/h36-55H,1-35H2. The van der Waals surface area contributed by atoms with Crippen molar-refractivity contribution < 1.29 is 0 Å². The maximum atomic E-state index is 1.70. The van der Waals surface area contributed by atoms with E-state index in [1.807, 2.05) is 0 Å². The fourth-order valence-corrected chi connectivity index (χ4v) is 20.3. The highest BCUT2D eigenvalue weighted by atomic mass is 14.6. The summed E-state index contributed by atoms with van der Waals surface area (Å²) in [6, 6.07) is 0. The van der Waals surface area contributed by atoms with Gasteiger partial charge in [-0.3, -0.25) is 0 Å². The largest absolute Gasteiger partial charge is 0.0533 e. The van der Waals surface area contributed by atoms with Crippen LogP contribution in [-0.4, -0.2) is 0 Å². The first-order valence-corrected chi connectivity index (χ1v) is 27.2. The molecular formula is C55H90. The third kappa shape index (κ3) is 7.78. The molecule has 11 aliphatic rings. The van der Waals surface area contributed by atoms with Gasteiger partial charge in [-0.2, -0.15) is 0 Å². The van der Waals surface area contributed by atoms with Crippen molar-refractivity contribution >= 4 is 0 Å². The molecule has 11 aliphatic carbocycles. The molecule has 0 bridgehead atoms. The Morgan fingerprint density at radius 2 is 0.345 bits per heavy atom. The molecule has 11 saturated carbocycles. The molecule has 0 heteroatoms. The minimum atomic E-state index is 1.10. The number of rotatable bonds is 5. The topological polar surface area (TPSA) is 0 Å². The van der Waals surface area contributed by atoms with Gasteiger partial charge in [0.05, 0.1) is 0 Å². The van der Waals surface area contributed by atoms with Gasteiger partial charge in [-0.25, -0.2) is 0 Å². The molecule has 0 nitrogen and oxygen atoms in total. The summed E-state index contributed by atoms with van der Waals surface area (Å²) in [7, 11) is 0.